The van der Waals surface area contributed by atoms with Gasteiger partial charge in [-0.25, -0.2) is 4.79 Å². The molecule has 2 aromatic rings. The van der Waals surface area contributed by atoms with Crippen molar-refractivity contribution in [2.24, 2.45) is 5.92 Å². The number of aliphatic carboxylic acids is 1. The molecule has 0 bridgehead atoms. The Hall–Kier alpha value is -2.82. The van der Waals surface area contributed by atoms with Crippen LogP contribution < -0.4 is 0 Å². The summed E-state index contributed by atoms with van der Waals surface area (Å²) in [5, 5.41) is 9.63. The fraction of sp³-hybridized carbons (Fsp3) is 0.364. The molecular weight excluding hydrogens is 342 g/mol. The molecule has 27 heavy (non-hydrogen) atoms. The molecule has 1 heterocycles. The number of carbonyl (C=O) groups excluding carboxylic acids is 1. The van der Waals surface area contributed by atoms with Crippen LogP contribution in [0.3, 0.4) is 0 Å². The van der Waals surface area contributed by atoms with E-state index in [1.54, 1.807) is 0 Å². The average molecular weight is 365 g/mol. The third-order valence-electron chi connectivity index (χ3n) is 5.51. The Balaban J connectivity index is 1.43. The lowest BCUT2D eigenvalue weighted by molar-refractivity contribution is -0.141. The Morgan fingerprint density at radius 3 is 2.26 bits per heavy atom. The number of likely N-dealkylation sites (tertiary alicyclic amines) is 1. The van der Waals surface area contributed by atoms with E-state index in [0.29, 0.717) is 12.5 Å². The molecule has 2 atom stereocenters. The number of amides is 1. The molecule has 5 heteroatoms. The normalized spacial score (nSPS) is 21.9. The number of carboxylic acid groups (broad SMARTS) is 1. The monoisotopic (exact) mass is 365 g/mol. The Morgan fingerprint density at radius 1 is 0.963 bits per heavy atom. The summed E-state index contributed by atoms with van der Waals surface area (Å²) >= 11 is 0. The molecule has 0 unspecified atom stereocenters. The van der Waals surface area contributed by atoms with E-state index >= 15 is 0 Å². The molecule has 1 saturated carbocycles. The van der Waals surface area contributed by atoms with Crippen LogP contribution in [0.25, 0.3) is 0 Å². The van der Waals surface area contributed by atoms with E-state index < -0.39 is 18.0 Å². The summed E-state index contributed by atoms with van der Waals surface area (Å²) in [6, 6.07) is 17.7. The first-order valence-electron chi connectivity index (χ1n) is 9.40. The maximum atomic E-state index is 12.4. The van der Waals surface area contributed by atoms with Crippen LogP contribution in [0.1, 0.15) is 41.4 Å². The van der Waals surface area contributed by atoms with Gasteiger partial charge < -0.3 is 14.7 Å². The van der Waals surface area contributed by atoms with Gasteiger partial charge in [-0.2, -0.15) is 0 Å². The largest absolute Gasteiger partial charge is 0.481 e. The molecule has 0 radical (unpaired) electrons. The highest BCUT2D eigenvalue weighted by Gasteiger charge is 2.41. The summed E-state index contributed by atoms with van der Waals surface area (Å²) in [5.74, 6) is -1.02. The lowest BCUT2D eigenvalue weighted by atomic mass is 9.88. The van der Waals surface area contributed by atoms with Crippen molar-refractivity contribution < 1.29 is 19.4 Å². The van der Waals surface area contributed by atoms with Crippen LogP contribution in [0, 0.1) is 5.92 Å². The second kappa shape index (κ2) is 7.43. The summed E-state index contributed by atoms with van der Waals surface area (Å²) in [6.45, 7) is 0.736. The minimum absolute atomic E-state index is 0.179. The number of nitrogens with zero attached hydrogens (tertiary/aromatic N) is 1. The van der Waals surface area contributed by atoms with Crippen molar-refractivity contribution in [3.05, 3.63) is 71.3 Å². The van der Waals surface area contributed by atoms with Crippen molar-refractivity contribution in [3.8, 4) is 0 Å². The molecule has 140 valence electrons. The third-order valence-corrected chi connectivity index (χ3v) is 5.51. The molecule has 2 fully saturated rings. The van der Waals surface area contributed by atoms with E-state index in [1.165, 1.54) is 23.3 Å². The Labute approximate surface area is 158 Å². The van der Waals surface area contributed by atoms with Gasteiger partial charge in [-0.15, -0.1) is 0 Å². The molecule has 0 aromatic heterocycles. The number of carboxylic acids is 1. The standard InChI is InChI=1S/C22H23NO4/c24-21(25)20-13-23(22(26)27-14-15-4-2-1-3-5-15)12-19(20)18-10-8-17(9-11-18)16-6-7-16/h1-5,8-11,16,19-20H,6-7,12-14H2,(H,24,25)/t19-,20+/m0/s1. The van der Waals surface area contributed by atoms with Gasteiger partial charge in [0, 0.05) is 19.0 Å². The SMILES string of the molecule is O=C(O)[C@@H]1CN(C(=O)OCc2ccccc2)C[C@H]1c1ccc(C2CC2)cc1. The highest BCUT2D eigenvalue weighted by molar-refractivity contribution is 5.75. The molecule has 1 saturated heterocycles. The Morgan fingerprint density at radius 2 is 1.63 bits per heavy atom. The maximum absolute atomic E-state index is 12.4. The van der Waals surface area contributed by atoms with E-state index in [-0.39, 0.29) is 19.1 Å². The summed E-state index contributed by atoms with van der Waals surface area (Å²) in [7, 11) is 0. The lowest BCUT2D eigenvalue weighted by Gasteiger charge is -2.17. The zero-order valence-corrected chi connectivity index (χ0v) is 15.1. The predicted octanol–water partition coefficient (Wildman–Crippen LogP) is 4.00. The maximum Gasteiger partial charge on any atom is 0.410 e. The fourth-order valence-corrected chi connectivity index (χ4v) is 3.78. The zero-order valence-electron chi connectivity index (χ0n) is 15.1. The summed E-state index contributed by atoms with van der Waals surface area (Å²) in [4.78, 5) is 25.7. The molecule has 1 N–H and O–H groups in total. The molecule has 5 nitrogen and oxygen atoms in total. The van der Waals surface area contributed by atoms with Crippen LogP contribution in [0.15, 0.2) is 54.6 Å². The second-order valence-electron chi connectivity index (χ2n) is 7.44. The van der Waals surface area contributed by atoms with Crippen molar-refractivity contribution in [1.82, 2.24) is 4.90 Å². The number of rotatable bonds is 5. The number of carbonyl (C=O) groups is 2. The number of benzene rings is 2. The minimum Gasteiger partial charge on any atom is -0.481 e. The molecule has 0 spiro atoms. The van der Waals surface area contributed by atoms with Gasteiger partial charge in [-0.1, -0.05) is 54.6 Å². The van der Waals surface area contributed by atoms with Gasteiger partial charge in [-0.05, 0) is 35.4 Å². The van der Waals surface area contributed by atoms with Crippen molar-refractivity contribution in [2.45, 2.75) is 31.3 Å². The van der Waals surface area contributed by atoms with E-state index in [0.717, 1.165) is 11.1 Å². The smallest absolute Gasteiger partial charge is 0.410 e. The molecular formula is C22H23NO4. The van der Waals surface area contributed by atoms with Gasteiger partial charge in [0.25, 0.3) is 0 Å². The van der Waals surface area contributed by atoms with Gasteiger partial charge in [0.15, 0.2) is 0 Å². The van der Waals surface area contributed by atoms with Crippen LogP contribution in [0.5, 0.6) is 0 Å². The average Bonchev–Trinajstić information content (AvgIpc) is 3.44. The van der Waals surface area contributed by atoms with Gasteiger partial charge in [0.05, 0.1) is 5.92 Å². The van der Waals surface area contributed by atoms with Crippen molar-refractivity contribution >= 4 is 12.1 Å². The van der Waals surface area contributed by atoms with E-state index in [9.17, 15) is 14.7 Å². The molecule has 2 aromatic carbocycles. The molecule has 2 aliphatic rings. The second-order valence-corrected chi connectivity index (χ2v) is 7.44. The number of ether oxygens (including phenoxy) is 1. The first-order valence-corrected chi connectivity index (χ1v) is 9.40. The van der Waals surface area contributed by atoms with Crippen LogP contribution in [0.2, 0.25) is 0 Å². The third kappa shape index (κ3) is 3.97. The minimum atomic E-state index is -0.871. The van der Waals surface area contributed by atoms with Crippen LogP contribution in [0.4, 0.5) is 4.79 Å². The molecule has 1 amide bonds. The first kappa shape index (κ1) is 17.6. The van der Waals surface area contributed by atoms with Gasteiger partial charge in [-0.3, -0.25) is 4.79 Å². The predicted molar refractivity (Wildman–Crippen MR) is 100 cm³/mol. The quantitative estimate of drug-likeness (QED) is 0.870. The van der Waals surface area contributed by atoms with E-state index in [2.05, 4.69) is 12.1 Å². The van der Waals surface area contributed by atoms with Crippen LogP contribution in [-0.4, -0.2) is 35.2 Å². The summed E-state index contributed by atoms with van der Waals surface area (Å²) in [6.07, 6.45) is 2.02. The topological polar surface area (TPSA) is 66.8 Å². The van der Waals surface area contributed by atoms with Crippen LogP contribution in [-0.2, 0) is 16.1 Å². The highest BCUT2D eigenvalue weighted by Crippen LogP contribution is 2.41. The summed E-state index contributed by atoms with van der Waals surface area (Å²) in [5.41, 5.74) is 3.21. The van der Waals surface area contributed by atoms with Crippen molar-refractivity contribution in [2.75, 3.05) is 13.1 Å². The molecule has 4 rings (SSSR count). The van der Waals surface area contributed by atoms with E-state index in [4.69, 9.17) is 4.74 Å². The van der Waals surface area contributed by atoms with Gasteiger partial charge in [0.1, 0.15) is 6.61 Å². The van der Waals surface area contributed by atoms with Crippen molar-refractivity contribution in [3.63, 3.8) is 0 Å². The van der Waals surface area contributed by atoms with Gasteiger partial charge >= 0.3 is 12.1 Å². The highest BCUT2D eigenvalue weighted by atomic mass is 16.6. The molecule has 1 aliphatic carbocycles. The zero-order chi connectivity index (χ0) is 18.8. The number of hydrogen-bond acceptors (Lipinski definition) is 3. The molecule has 1 aliphatic heterocycles. The Kier molecular flexibility index (Phi) is 4.84. The lowest BCUT2D eigenvalue weighted by Crippen LogP contribution is -2.30. The summed E-state index contributed by atoms with van der Waals surface area (Å²) < 4.78 is 5.38. The number of hydrogen-bond donors (Lipinski definition) is 1. The first-order chi connectivity index (χ1) is 13.1. The van der Waals surface area contributed by atoms with Crippen molar-refractivity contribution in [1.29, 1.82) is 0 Å². The van der Waals surface area contributed by atoms with E-state index in [1.807, 2.05) is 42.5 Å². The fourth-order valence-electron chi connectivity index (χ4n) is 3.78. The van der Waals surface area contributed by atoms with Gasteiger partial charge in [0.2, 0.25) is 0 Å². The van der Waals surface area contributed by atoms with Crippen LogP contribution >= 0.6 is 0 Å². The Bertz CT molecular complexity index is 814.